The highest BCUT2D eigenvalue weighted by atomic mass is 32.1. The Morgan fingerprint density at radius 2 is 1.16 bits per heavy atom. The molecule has 0 amide bonds. The van der Waals surface area contributed by atoms with Gasteiger partial charge >= 0.3 is 0 Å². The maximum atomic E-state index is 5.31. The number of para-hydroxylation sites is 1. The van der Waals surface area contributed by atoms with Gasteiger partial charge in [-0.25, -0.2) is 4.98 Å². The molecule has 0 aliphatic carbocycles. The van der Waals surface area contributed by atoms with Gasteiger partial charge in [-0.3, -0.25) is 0 Å². The van der Waals surface area contributed by atoms with Gasteiger partial charge in [-0.1, -0.05) is 140 Å². The number of fused-ring (bicyclic) bond motifs is 11. The molecule has 3 heteroatoms. The third kappa shape index (κ3) is 4.52. The van der Waals surface area contributed by atoms with E-state index >= 15 is 0 Å². The van der Waals surface area contributed by atoms with Crippen molar-refractivity contribution in [3.63, 3.8) is 0 Å². The number of pyridine rings is 1. The summed E-state index contributed by atoms with van der Waals surface area (Å²) in [7, 11) is 0. The molecule has 0 saturated heterocycles. The molecule has 0 atom stereocenters. The Bertz CT molecular complexity index is 3000. The number of nitrogens with zero attached hydrogens (tertiary/aromatic N) is 2. The lowest BCUT2D eigenvalue weighted by molar-refractivity contribution is 1.10. The van der Waals surface area contributed by atoms with Gasteiger partial charge < -0.3 is 4.57 Å². The highest BCUT2D eigenvalue weighted by Gasteiger charge is 2.24. The number of benzene rings is 7. The largest absolute Gasteiger partial charge is 0.308 e. The summed E-state index contributed by atoms with van der Waals surface area (Å²) < 4.78 is 4.98. The summed E-state index contributed by atoms with van der Waals surface area (Å²) in [6.45, 7) is 6.23. The summed E-state index contributed by atoms with van der Waals surface area (Å²) in [4.78, 5) is 5.31. The highest BCUT2D eigenvalue weighted by Crippen LogP contribution is 2.47. The molecule has 10 aromatic rings. The quantitative estimate of drug-likeness (QED) is 0.132. The van der Waals surface area contributed by atoms with Crippen molar-refractivity contribution in [2.45, 2.75) is 6.92 Å². The summed E-state index contributed by atoms with van der Waals surface area (Å²) in [6, 6.07) is 52.7. The number of thiophene rings is 1. The average Bonchev–Trinajstić information content (AvgIpc) is 3.72. The van der Waals surface area contributed by atoms with Crippen LogP contribution >= 0.6 is 11.3 Å². The first-order valence-electron chi connectivity index (χ1n) is 17.3. The molecule has 2 nitrogen and oxygen atoms in total. The smallest absolute Gasteiger partial charge is 0.0817 e. The normalized spacial score (nSPS) is 12.0. The van der Waals surface area contributed by atoms with Crippen molar-refractivity contribution in [3.8, 4) is 28.1 Å². The van der Waals surface area contributed by atoms with E-state index in [0.717, 1.165) is 28.2 Å². The maximum Gasteiger partial charge on any atom is 0.0817 e. The Balaban J connectivity index is 1.20. The standard InChI is InChI=1S/C48H32N2S/c1-3-4-22-43-30(2)47-46(44-45(32-14-6-5-7-15-32)49-42-21-13-12-20-40(42)48(44)51-47)50(43)34-26-23-31(24-27-34)33-25-28-39-37-18-9-8-16-35(37)36-17-10-11-19-38(36)41(39)29-33/h3-29H,1H2,2H3/b22-4-. The molecule has 0 spiro atoms. The Morgan fingerprint density at radius 1 is 0.569 bits per heavy atom. The first-order chi connectivity index (χ1) is 25.2. The van der Waals surface area contributed by atoms with Crippen LogP contribution in [0.5, 0.6) is 0 Å². The summed E-state index contributed by atoms with van der Waals surface area (Å²) in [5.74, 6) is 0. The molecule has 0 bridgehead atoms. The summed E-state index contributed by atoms with van der Waals surface area (Å²) >= 11 is 1.87. The average molecular weight is 669 g/mol. The predicted molar refractivity (Wildman–Crippen MR) is 221 cm³/mol. The van der Waals surface area contributed by atoms with Crippen LogP contribution in [0.15, 0.2) is 164 Å². The number of rotatable bonds is 5. The van der Waals surface area contributed by atoms with E-state index in [0.29, 0.717) is 0 Å². The second-order valence-electron chi connectivity index (χ2n) is 13.2. The number of allylic oxidation sites excluding steroid dienone is 2. The van der Waals surface area contributed by atoms with Gasteiger partial charge in [0.25, 0.3) is 0 Å². The van der Waals surface area contributed by atoms with Gasteiger partial charge in [-0.2, -0.15) is 0 Å². The van der Waals surface area contributed by atoms with Crippen LogP contribution in [0.25, 0.3) is 97.7 Å². The van der Waals surface area contributed by atoms with Gasteiger partial charge in [-0.15, -0.1) is 11.3 Å². The fraction of sp³-hybridized carbons (Fsp3) is 0.0208. The van der Waals surface area contributed by atoms with Crippen LogP contribution in [0.1, 0.15) is 11.3 Å². The number of aromatic nitrogens is 2. The van der Waals surface area contributed by atoms with Crippen molar-refractivity contribution in [2.75, 3.05) is 0 Å². The molecule has 10 rings (SSSR count). The van der Waals surface area contributed by atoms with E-state index < -0.39 is 0 Å². The van der Waals surface area contributed by atoms with Crippen LogP contribution in [0, 0.1) is 6.92 Å². The van der Waals surface area contributed by atoms with E-state index in [2.05, 4.69) is 170 Å². The van der Waals surface area contributed by atoms with E-state index in [4.69, 9.17) is 4.98 Å². The lowest BCUT2D eigenvalue weighted by Crippen LogP contribution is -1.98. The zero-order chi connectivity index (χ0) is 34.1. The van der Waals surface area contributed by atoms with Gasteiger partial charge in [0.1, 0.15) is 0 Å². The van der Waals surface area contributed by atoms with Crippen LogP contribution < -0.4 is 0 Å². The van der Waals surface area contributed by atoms with Crippen molar-refractivity contribution >= 4 is 80.9 Å². The van der Waals surface area contributed by atoms with Crippen LogP contribution in [-0.2, 0) is 0 Å². The first-order valence-corrected chi connectivity index (χ1v) is 18.2. The van der Waals surface area contributed by atoms with Crippen molar-refractivity contribution in [1.82, 2.24) is 9.55 Å². The Labute approximate surface area is 299 Å². The second-order valence-corrected chi connectivity index (χ2v) is 14.2. The van der Waals surface area contributed by atoms with Crippen LogP contribution in [0.2, 0.25) is 0 Å². The molecule has 3 aromatic heterocycles. The highest BCUT2D eigenvalue weighted by molar-refractivity contribution is 7.27. The fourth-order valence-corrected chi connectivity index (χ4v) is 9.30. The molecule has 0 N–H and O–H groups in total. The minimum atomic E-state index is 1.01. The van der Waals surface area contributed by atoms with Gasteiger partial charge in [0.2, 0.25) is 0 Å². The van der Waals surface area contributed by atoms with Crippen molar-refractivity contribution < 1.29 is 0 Å². The van der Waals surface area contributed by atoms with Crippen molar-refractivity contribution in [3.05, 3.63) is 176 Å². The topological polar surface area (TPSA) is 17.8 Å². The number of hydrogen-bond acceptors (Lipinski definition) is 2. The monoisotopic (exact) mass is 668 g/mol. The summed E-state index contributed by atoms with van der Waals surface area (Å²) in [5.41, 5.74) is 10.3. The Kier molecular flexibility index (Phi) is 6.77. The molecule has 51 heavy (non-hydrogen) atoms. The summed E-state index contributed by atoms with van der Waals surface area (Å²) in [6.07, 6.45) is 6.07. The van der Waals surface area contributed by atoms with Crippen molar-refractivity contribution in [2.24, 2.45) is 0 Å². The van der Waals surface area contributed by atoms with Crippen LogP contribution in [0.4, 0.5) is 0 Å². The van der Waals surface area contributed by atoms with E-state index in [1.54, 1.807) is 0 Å². The lowest BCUT2D eigenvalue weighted by atomic mass is 9.92. The molecular formula is C48H32N2S. The first kappa shape index (κ1) is 29.6. The van der Waals surface area contributed by atoms with Crippen molar-refractivity contribution in [1.29, 1.82) is 0 Å². The second kappa shape index (κ2) is 11.7. The van der Waals surface area contributed by atoms with Gasteiger partial charge in [0.15, 0.2) is 0 Å². The maximum absolute atomic E-state index is 5.31. The Morgan fingerprint density at radius 3 is 1.84 bits per heavy atom. The minimum Gasteiger partial charge on any atom is -0.308 e. The molecule has 240 valence electrons. The molecule has 0 saturated carbocycles. The van der Waals surface area contributed by atoms with Gasteiger partial charge in [0, 0.05) is 26.7 Å². The zero-order valence-corrected chi connectivity index (χ0v) is 28.9. The lowest BCUT2D eigenvalue weighted by Gasteiger charge is -2.14. The van der Waals surface area contributed by atoms with Gasteiger partial charge in [0.05, 0.1) is 27.1 Å². The van der Waals surface area contributed by atoms with E-state index in [1.807, 2.05) is 23.5 Å². The molecule has 0 aliphatic rings. The number of aryl methyl sites for hydroxylation is 1. The molecule has 0 unspecified atom stereocenters. The molecule has 3 heterocycles. The number of hydrogen-bond donors (Lipinski definition) is 0. The minimum absolute atomic E-state index is 1.01. The third-order valence-corrected chi connectivity index (χ3v) is 11.7. The van der Waals surface area contributed by atoms with E-state index in [1.165, 1.54) is 74.7 Å². The van der Waals surface area contributed by atoms with E-state index in [-0.39, 0.29) is 0 Å². The van der Waals surface area contributed by atoms with E-state index in [9.17, 15) is 0 Å². The predicted octanol–water partition coefficient (Wildman–Crippen LogP) is 13.7. The molecule has 0 fully saturated rings. The Hall–Kier alpha value is -6.29. The zero-order valence-electron chi connectivity index (χ0n) is 28.1. The van der Waals surface area contributed by atoms with Gasteiger partial charge in [-0.05, 0) is 86.3 Å². The van der Waals surface area contributed by atoms with Crippen LogP contribution in [0.3, 0.4) is 0 Å². The third-order valence-electron chi connectivity index (χ3n) is 10.3. The van der Waals surface area contributed by atoms with Crippen LogP contribution in [-0.4, -0.2) is 9.55 Å². The molecule has 0 radical (unpaired) electrons. The SMILES string of the molecule is C=C/C=C\c1c(C)c2sc3c4ccccc4nc(-c4ccccc4)c3c2n1-c1ccc(-c2ccc3c4ccccc4c4ccccc4c3c2)cc1. The molecule has 7 aromatic carbocycles. The summed E-state index contributed by atoms with van der Waals surface area (Å²) in [5, 5.41) is 10.1. The molecular weight excluding hydrogens is 637 g/mol. The fourth-order valence-electron chi connectivity index (χ4n) is 7.97. The molecule has 0 aliphatic heterocycles.